The van der Waals surface area contributed by atoms with E-state index < -0.39 is 0 Å². The van der Waals surface area contributed by atoms with Crippen molar-refractivity contribution >= 4 is 28.5 Å². The Labute approximate surface area is 99.1 Å². The molecule has 86 valence electrons. The molecule has 4 nitrogen and oxygen atoms in total. The van der Waals surface area contributed by atoms with E-state index >= 15 is 0 Å². The van der Waals surface area contributed by atoms with E-state index in [1.54, 1.807) is 0 Å². The Bertz CT molecular complexity index is 397. The van der Waals surface area contributed by atoms with Gasteiger partial charge in [-0.25, -0.2) is 0 Å². The zero-order valence-electron chi connectivity index (χ0n) is 9.33. The van der Waals surface area contributed by atoms with Gasteiger partial charge in [-0.1, -0.05) is 30.0 Å². The molecule has 0 atom stereocenters. The van der Waals surface area contributed by atoms with Crippen LogP contribution in [-0.4, -0.2) is 16.8 Å². The molecule has 5 heteroatoms. The molecule has 0 saturated heterocycles. The first-order valence-corrected chi connectivity index (χ1v) is 5.82. The molecule has 1 rings (SSSR count). The Morgan fingerprint density at radius 3 is 2.50 bits per heavy atom. The van der Waals surface area contributed by atoms with E-state index in [0.717, 1.165) is 28.6 Å². The number of hydrogen-bond acceptors (Lipinski definition) is 3. The second kappa shape index (κ2) is 5.55. The summed E-state index contributed by atoms with van der Waals surface area (Å²) in [5.41, 5.74) is 8.06. The summed E-state index contributed by atoms with van der Waals surface area (Å²) in [5.74, 6) is 0.0286. The maximum absolute atomic E-state index is 11.5. The van der Waals surface area contributed by atoms with Crippen LogP contribution in [0.1, 0.15) is 11.1 Å². The van der Waals surface area contributed by atoms with Gasteiger partial charge in [0.05, 0.1) is 5.75 Å². The van der Waals surface area contributed by atoms with E-state index in [9.17, 15) is 4.79 Å². The van der Waals surface area contributed by atoms with Crippen molar-refractivity contribution in [2.75, 3.05) is 11.1 Å². The highest BCUT2D eigenvalue weighted by Crippen LogP contribution is 2.19. The number of nitrogens with one attached hydrogen (secondary N) is 2. The number of hydrogen-bond donors (Lipinski definition) is 3. The quantitative estimate of drug-likeness (QED) is 0.554. The fourth-order valence-electron chi connectivity index (χ4n) is 1.33. The summed E-state index contributed by atoms with van der Waals surface area (Å²) in [6.45, 7) is 3.89. The summed E-state index contributed by atoms with van der Waals surface area (Å²) < 4.78 is 0. The highest BCUT2D eigenvalue weighted by atomic mass is 32.2. The number of carbonyl (C=O) groups is 1. The fourth-order valence-corrected chi connectivity index (χ4v) is 1.69. The monoisotopic (exact) mass is 237 g/mol. The average Bonchev–Trinajstić information content (AvgIpc) is 2.21. The van der Waals surface area contributed by atoms with E-state index in [1.165, 1.54) is 0 Å². The minimum atomic E-state index is -0.141. The molecule has 0 spiro atoms. The Morgan fingerprint density at radius 2 is 2.00 bits per heavy atom. The normalized spacial score (nSPS) is 9.88. The highest BCUT2D eigenvalue weighted by Gasteiger charge is 2.07. The van der Waals surface area contributed by atoms with Gasteiger partial charge in [0.15, 0.2) is 5.17 Å². The van der Waals surface area contributed by atoms with Crippen LogP contribution in [0.25, 0.3) is 0 Å². The minimum absolute atomic E-state index is 0.0448. The number of nitrogens with two attached hydrogens (primary N) is 1. The van der Waals surface area contributed by atoms with Crippen molar-refractivity contribution in [3.63, 3.8) is 0 Å². The molecule has 0 bridgehead atoms. The largest absolute Gasteiger partial charge is 0.379 e. The molecule has 0 aliphatic heterocycles. The second-order valence-corrected chi connectivity index (χ2v) is 4.49. The van der Waals surface area contributed by atoms with Crippen molar-refractivity contribution < 1.29 is 4.79 Å². The van der Waals surface area contributed by atoms with Crippen LogP contribution in [-0.2, 0) is 4.79 Å². The van der Waals surface area contributed by atoms with Crippen molar-refractivity contribution in [2.24, 2.45) is 5.73 Å². The lowest BCUT2D eigenvalue weighted by Crippen LogP contribution is -2.18. The van der Waals surface area contributed by atoms with E-state index in [1.807, 2.05) is 32.0 Å². The molecular weight excluding hydrogens is 222 g/mol. The van der Waals surface area contributed by atoms with E-state index in [4.69, 9.17) is 11.1 Å². The number of amides is 1. The fraction of sp³-hybridized carbons (Fsp3) is 0.273. The molecular formula is C11H15N3OS. The number of carbonyl (C=O) groups excluding carboxylic acids is 1. The average molecular weight is 237 g/mol. The first kappa shape index (κ1) is 12.6. The molecule has 0 radical (unpaired) electrons. The summed E-state index contributed by atoms with van der Waals surface area (Å²) >= 11 is 1.02. The van der Waals surface area contributed by atoms with Gasteiger partial charge in [-0.2, -0.15) is 0 Å². The number of benzene rings is 1. The van der Waals surface area contributed by atoms with Gasteiger partial charge in [0, 0.05) is 5.69 Å². The third kappa shape index (κ3) is 3.58. The summed E-state index contributed by atoms with van der Waals surface area (Å²) in [5, 5.41) is 9.79. The second-order valence-electron chi connectivity index (χ2n) is 3.47. The Kier molecular flexibility index (Phi) is 4.37. The Hall–Kier alpha value is -1.49. The van der Waals surface area contributed by atoms with Crippen LogP contribution in [0, 0.1) is 19.3 Å². The maximum Gasteiger partial charge on any atom is 0.234 e. The van der Waals surface area contributed by atoms with Gasteiger partial charge >= 0.3 is 0 Å². The molecule has 0 saturated carbocycles. The third-order valence-electron chi connectivity index (χ3n) is 2.10. The first-order chi connectivity index (χ1) is 7.50. The van der Waals surface area contributed by atoms with E-state index in [2.05, 4.69) is 5.32 Å². The Morgan fingerprint density at radius 1 is 1.44 bits per heavy atom. The van der Waals surface area contributed by atoms with Crippen LogP contribution < -0.4 is 11.1 Å². The van der Waals surface area contributed by atoms with Crippen LogP contribution >= 0.6 is 11.8 Å². The smallest absolute Gasteiger partial charge is 0.234 e. The van der Waals surface area contributed by atoms with Gasteiger partial charge < -0.3 is 11.1 Å². The van der Waals surface area contributed by atoms with Crippen molar-refractivity contribution in [1.29, 1.82) is 5.41 Å². The van der Waals surface area contributed by atoms with Crippen LogP contribution in [0.4, 0.5) is 5.69 Å². The summed E-state index contributed by atoms with van der Waals surface area (Å²) in [6, 6.07) is 5.84. The zero-order chi connectivity index (χ0) is 12.1. The van der Waals surface area contributed by atoms with E-state index in [-0.39, 0.29) is 16.8 Å². The molecule has 1 amide bonds. The number of anilines is 1. The van der Waals surface area contributed by atoms with Gasteiger partial charge in [0.2, 0.25) is 5.91 Å². The lowest BCUT2D eigenvalue weighted by atomic mass is 10.1. The number of thioether (sulfide) groups is 1. The minimum Gasteiger partial charge on any atom is -0.379 e. The number of para-hydroxylation sites is 1. The van der Waals surface area contributed by atoms with Crippen molar-refractivity contribution in [3.8, 4) is 0 Å². The molecule has 0 aliphatic rings. The number of rotatable bonds is 3. The molecule has 0 aromatic heterocycles. The van der Waals surface area contributed by atoms with Crippen LogP contribution in [0.5, 0.6) is 0 Å². The molecule has 0 fully saturated rings. The summed E-state index contributed by atoms with van der Waals surface area (Å²) in [6.07, 6.45) is 0. The lowest BCUT2D eigenvalue weighted by Gasteiger charge is -2.10. The van der Waals surface area contributed by atoms with Crippen molar-refractivity contribution in [1.82, 2.24) is 0 Å². The number of aryl methyl sites for hydroxylation is 2. The van der Waals surface area contributed by atoms with Crippen LogP contribution in [0.15, 0.2) is 18.2 Å². The van der Waals surface area contributed by atoms with Crippen LogP contribution in [0.2, 0.25) is 0 Å². The molecule has 0 heterocycles. The lowest BCUT2D eigenvalue weighted by molar-refractivity contribution is -0.113. The van der Waals surface area contributed by atoms with Crippen molar-refractivity contribution in [3.05, 3.63) is 29.3 Å². The molecule has 0 aliphatic carbocycles. The molecule has 0 unspecified atom stereocenters. The topological polar surface area (TPSA) is 79.0 Å². The molecule has 1 aromatic carbocycles. The van der Waals surface area contributed by atoms with Gasteiger partial charge in [-0.3, -0.25) is 10.2 Å². The zero-order valence-corrected chi connectivity index (χ0v) is 10.1. The summed E-state index contributed by atoms with van der Waals surface area (Å²) in [4.78, 5) is 11.5. The van der Waals surface area contributed by atoms with Gasteiger partial charge in [-0.05, 0) is 25.0 Å². The summed E-state index contributed by atoms with van der Waals surface area (Å²) in [7, 11) is 0. The van der Waals surface area contributed by atoms with Crippen molar-refractivity contribution in [2.45, 2.75) is 13.8 Å². The van der Waals surface area contributed by atoms with Gasteiger partial charge in [0.25, 0.3) is 0 Å². The Balaban J connectivity index is 2.66. The van der Waals surface area contributed by atoms with Gasteiger partial charge in [-0.15, -0.1) is 0 Å². The maximum atomic E-state index is 11.5. The predicted octanol–water partition coefficient (Wildman–Crippen LogP) is 1.87. The SMILES string of the molecule is Cc1cccc(C)c1NC(=O)CSC(=N)N. The first-order valence-electron chi connectivity index (χ1n) is 4.83. The number of amidine groups is 1. The molecule has 16 heavy (non-hydrogen) atoms. The van der Waals surface area contributed by atoms with E-state index in [0.29, 0.717) is 0 Å². The standard InChI is InChI=1S/C11H15N3OS/c1-7-4-3-5-8(2)10(7)14-9(15)6-16-11(12)13/h3-5H,6H2,1-2H3,(H3,12,13)(H,14,15). The van der Waals surface area contributed by atoms with Gasteiger partial charge in [0.1, 0.15) is 0 Å². The highest BCUT2D eigenvalue weighted by molar-refractivity contribution is 8.14. The predicted molar refractivity (Wildman–Crippen MR) is 68.9 cm³/mol. The molecule has 4 N–H and O–H groups in total. The van der Waals surface area contributed by atoms with Crippen LogP contribution in [0.3, 0.4) is 0 Å². The molecule has 1 aromatic rings. The third-order valence-corrected chi connectivity index (χ3v) is 2.82.